The third-order valence-electron chi connectivity index (χ3n) is 1.50. The van der Waals surface area contributed by atoms with E-state index in [1.807, 2.05) is 13.8 Å². The zero-order chi connectivity index (χ0) is 7.28. The molecule has 0 unspecified atom stereocenters. The van der Waals surface area contributed by atoms with Gasteiger partial charge in [0.15, 0.2) is 0 Å². The van der Waals surface area contributed by atoms with Gasteiger partial charge in [0.05, 0.1) is 0 Å². The molecule has 0 aliphatic carbocycles. The quantitative estimate of drug-likeness (QED) is 0.566. The van der Waals surface area contributed by atoms with Crippen LogP contribution >= 0.6 is 0 Å². The van der Waals surface area contributed by atoms with Crippen molar-refractivity contribution in [1.82, 2.24) is 0 Å². The summed E-state index contributed by atoms with van der Waals surface area (Å²) in [6, 6.07) is 0. The van der Waals surface area contributed by atoms with E-state index in [1.165, 1.54) is 5.92 Å². The van der Waals surface area contributed by atoms with Gasteiger partial charge >= 0.3 is 0 Å². The van der Waals surface area contributed by atoms with E-state index in [2.05, 4.69) is 6.92 Å². The van der Waals surface area contributed by atoms with E-state index >= 15 is 0 Å². The summed E-state index contributed by atoms with van der Waals surface area (Å²) >= 11 is 0. The summed E-state index contributed by atoms with van der Waals surface area (Å²) in [6.45, 7) is 6.02. The molecule has 0 amide bonds. The van der Waals surface area contributed by atoms with Gasteiger partial charge in [0.1, 0.15) is 5.78 Å². The van der Waals surface area contributed by atoms with Crippen molar-refractivity contribution in [3.63, 3.8) is 0 Å². The Bertz CT molecular complexity index is 86.6. The van der Waals surface area contributed by atoms with Crippen molar-refractivity contribution in [3.05, 3.63) is 5.92 Å². The van der Waals surface area contributed by atoms with Crippen LogP contribution in [0.5, 0.6) is 0 Å². The van der Waals surface area contributed by atoms with Gasteiger partial charge in [-0.3, -0.25) is 4.79 Å². The van der Waals surface area contributed by atoms with Crippen molar-refractivity contribution >= 4 is 5.78 Å². The molecule has 0 rings (SSSR count). The average Bonchev–Trinajstić information content (AvgIpc) is 1.87. The Balaban J connectivity index is 3.34. The van der Waals surface area contributed by atoms with Crippen molar-refractivity contribution in [2.45, 2.75) is 40.0 Å². The minimum absolute atomic E-state index is 0.356. The lowest BCUT2D eigenvalue weighted by atomic mass is 10.0. The highest BCUT2D eigenvalue weighted by Gasteiger charge is 2.03. The van der Waals surface area contributed by atoms with Crippen LogP contribution in [0.15, 0.2) is 0 Å². The molecule has 0 fully saturated rings. The summed E-state index contributed by atoms with van der Waals surface area (Å²) in [7, 11) is 0. The van der Waals surface area contributed by atoms with Crippen molar-refractivity contribution < 1.29 is 4.79 Å². The van der Waals surface area contributed by atoms with Gasteiger partial charge in [0, 0.05) is 12.8 Å². The number of ketones is 1. The van der Waals surface area contributed by atoms with E-state index in [9.17, 15) is 4.79 Å². The fourth-order valence-electron chi connectivity index (χ4n) is 0.587. The molecular weight excluding hydrogens is 112 g/mol. The van der Waals surface area contributed by atoms with E-state index in [-0.39, 0.29) is 0 Å². The Labute approximate surface area is 57.5 Å². The lowest BCUT2D eigenvalue weighted by Crippen LogP contribution is -2.00. The molecule has 1 heteroatoms. The van der Waals surface area contributed by atoms with Gasteiger partial charge < -0.3 is 0 Å². The smallest absolute Gasteiger partial charge is 0.133 e. The molecule has 0 bridgehead atoms. The molecule has 0 aliphatic rings. The molecule has 9 heavy (non-hydrogen) atoms. The maximum Gasteiger partial charge on any atom is 0.133 e. The van der Waals surface area contributed by atoms with Crippen molar-refractivity contribution in [2.75, 3.05) is 0 Å². The zero-order valence-corrected chi connectivity index (χ0v) is 6.53. The van der Waals surface area contributed by atoms with Crippen molar-refractivity contribution in [3.8, 4) is 0 Å². The molecule has 0 aromatic rings. The van der Waals surface area contributed by atoms with Crippen LogP contribution in [0, 0.1) is 5.92 Å². The summed E-state index contributed by atoms with van der Waals surface area (Å²) in [4.78, 5) is 10.8. The second-order valence-corrected chi connectivity index (χ2v) is 2.38. The first kappa shape index (κ1) is 8.67. The number of carbonyl (C=O) groups is 1. The minimum Gasteiger partial charge on any atom is -0.300 e. The van der Waals surface area contributed by atoms with Crippen LogP contribution in [0.3, 0.4) is 0 Å². The molecule has 0 atom stereocenters. The van der Waals surface area contributed by atoms with E-state index in [1.54, 1.807) is 0 Å². The Morgan fingerprint density at radius 1 is 1.22 bits per heavy atom. The van der Waals surface area contributed by atoms with Gasteiger partial charge in [-0.1, -0.05) is 20.8 Å². The molecule has 0 saturated carbocycles. The van der Waals surface area contributed by atoms with Crippen molar-refractivity contribution in [2.24, 2.45) is 0 Å². The highest BCUT2D eigenvalue weighted by molar-refractivity contribution is 5.79. The summed E-state index contributed by atoms with van der Waals surface area (Å²) in [6.07, 6.45) is 2.40. The molecule has 1 radical (unpaired) electrons. The monoisotopic (exact) mass is 127 g/mol. The second kappa shape index (κ2) is 4.54. The van der Waals surface area contributed by atoms with Gasteiger partial charge in [-0.05, 0) is 12.3 Å². The molecule has 0 N–H and O–H groups in total. The summed E-state index contributed by atoms with van der Waals surface area (Å²) in [5.41, 5.74) is 0. The molecule has 53 valence electrons. The molecule has 0 spiro atoms. The minimum atomic E-state index is 0.356. The Morgan fingerprint density at radius 3 is 2.11 bits per heavy atom. The predicted octanol–water partition coefficient (Wildman–Crippen LogP) is 2.36. The number of rotatable bonds is 4. The van der Waals surface area contributed by atoms with E-state index in [4.69, 9.17) is 0 Å². The first-order chi connectivity index (χ1) is 4.20. The van der Waals surface area contributed by atoms with E-state index in [0.29, 0.717) is 18.6 Å². The van der Waals surface area contributed by atoms with Crippen LogP contribution < -0.4 is 0 Å². The van der Waals surface area contributed by atoms with Crippen LogP contribution in [0.1, 0.15) is 40.0 Å². The molecule has 0 aromatic carbocycles. The number of hydrogen-bond donors (Lipinski definition) is 0. The topological polar surface area (TPSA) is 17.1 Å². The van der Waals surface area contributed by atoms with Crippen LogP contribution in [0.4, 0.5) is 0 Å². The fraction of sp³-hybridized carbons (Fsp3) is 0.750. The second-order valence-electron chi connectivity index (χ2n) is 2.38. The summed E-state index contributed by atoms with van der Waals surface area (Å²) in [5.74, 6) is 1.65. The number of Topliss-reactive ketones (excluding diaryl/α,β-unsaturated/α-hetero) is 1. The predicted molar refractivity (Wildman–Crippen MR) is 39.1 cm³/mol. The normalized spacial score (nSPS) is 10.2. The number of carbonyl (C=O) groups excluding carboxylic acids is 1. The molecule has 0 aromatic heterocycles. The molecule has 0 saturated heterocycles. The average molecular weight is 127 g/mol. The molecule has 1 nitrogen and oxygen atoms in total. The first-order valence-corrected chi connectivity index (χ1v) is 3.53. The highest BCUT2D eigenvalue weighted by atomic mass is 16.1. The Hall–Kier alpha value is -0.330. The third kappa shape index (κ3) is 4.19. The van der Waals surface area contributed by atoms with Crippen LogP contribution in [0.2, 0.25) is 0 Å². The SMILES string of the molecule is CC[C](C)CC(=O)CC. The van der Waals surface area contributed by atoms with Crippen molar-refractivity contribution in [1.29, 1.82) is 0 Å². The maximum atomic E-state index is 10.8. The highest BCUT2D eigenvalue weighted by Crippen LogP contribution is 2.09. The molecule has 0 heterocycles. The maximum absolute atomic E-state index is 10.8. The van der Waals surface area contributed by atoms with Gasteiger partial charge in [0.2, 0.25) is 0 Å². The molecular formula is C8H15O. The Morgan fingerprint density at radius 2 is 1.78 bits per heavy atom. The van der Waals surface area contributed by atoms with E-state index in [0.717, 1.165) is 6.42 Å². The third-order valence-corrected chi connectivity index (χ3v) is 1.50. The number of hydrogen-bond acceptors (Lipinski definition) is 1. The standard InChI is InChI=1S/C8H15O/c1-4-7(3)6-8(9)5-2/h4-6H2,1-3H3. The van der Waals surface area contributed by atoms with Gasteiger partial charge in [0.25, 0.3) is 0 Å². The summed E-state index contributed by atoms with van der Waals surface area (Å²) in [5, 5.41) is 0. The van der Waals surface area contributed by atoms with Gasteiger partial charge in [-0.2, -0.15) is 0 Å². The van der Waals surface area contributed by atoms with Gasteiger partial charge in [-0.15, -0.1) is 0 Å². The summed E-state index contributed by atoms with van der Waals surface area (Å²) < 4.78 is 0. The zero-order valence-electron chi connectivity index (χ0n) is 6.53. The van der Waals surface area contributed by atoms with Crippen LogP contribution in [0.25, 0.3) is 0 Å². The molecule has 0 aliphatic heterocycles. The van der Waals surface area contributed by atoms with E-state index < -0.39 is 0 Å². The largest absolute Gasteiger partial charge is 0.300 e. The first-order valence-electron chi connectivity index (χ1n) is 3.53. The Kier molecular flexibility index (Phi) is 4.37. The van der Waals surface area contributed by atoms with Crippen LogP contribution in [-0.4, -0.2) is 5.78 Å². The lowest BCUT2D eigenvalue weighted by molar-refractivity contribution is -0.118. The fourth-order valence-corrected chi connectivity index (χ4v) is 0.587. The van der Waals surface area contributed by atoms with Crippen LogP contribution in [-0.2, 0) is 4.79 Å². The lowest BCUT2D eigenvalue weighted by Gasteiger charge is -2.03. The van der Waals surface area contributed by atoms with Gasteiger partial charge in [-0.25, -0.2) is 0 Å².